The van der Waals surface area contributed by atoms with E-state index in [4.69, 9.17) is 14.2 Å². The molecule has 1 unspecified atom stereocenters. The summed E-state index contributed by atoms with van der Waals surface area (Å²) in [7, 11) is 0. The van der Waals surface area contributed by atoms with Crippen LogP contribution in [0.25, 0.3) is 0 Å². The summed E-state index contributed by atoms with van der Waals surface area (Å²) < 4.78 is 16.9. The first-order valence-corrected chi connectivity index (χ1v) is 30.8. The summed E-state index contributed by atoms with van der Waals surface area (Å²) in [4.78, 5) is 38.2. The molecule has 0 spiro atoms. The van der Waals surface area contributed by atoms with Crippen molar-refractivity contribution in [2.24, 2.45) is 0 Å². The molecule has 0 aromatic carbocycles. The molecule has 0 saturated heterocycles. The van der Waals surface area contributed by atoms with Gasteiger partial charge in [0.1, 0.15) is 13.2 Å². The second kappa shape index (κ2) is 58.5. The Morgan fingerprint density at radius 2 is 0.478 bits per heavy atom. The Bertz CT molecular complexity index is 1110. The zero-order chi connectivity index (χ0) is 50.0. The summed E-state index contributed by atoms with van der Waals surface area (Å²) in [6.07, 6.45) is 68.9. The summed E-state index contributed by atoms with van der Waals surface area (Å²) in [6.45, 7) is 6.68. The van der Waals surface area contributed by atoms with Gasteiger partial charge in [0, 0.05) is 19.3 Å². The van der Waals surface area contributed by atoms with E-state index in [-0.39, 0.29) is 31.1 Å². The molecule has 6 heteroatoms. The van der Waals surface area contributed by atoms with Crippen molar-refractivity contribution in [1.82, 2.24) is 0 Å². The van der Waals surface area contributed by atoms with Crippen LogP contribution in [0, 0.1) is 0 Å². The van der Waals surface area contributed by atoms with Gasteiger partial charge in [-0.25, -0.2) is 0 Å². The molecule has 0 aliphatic rings. The van der Waals surface area contributed by atoms with Gasteiger partial charge in [0.25, 0.3) is 0 Å². The molecule has 0 aliphatic heterocycles. The first-order valence-electron chi connectivity index (χ1n) is 30.8. The SMILES string of the molecule is CCCCCCCCC/C=C\CCCCCCCC(=O)OC(COC(=O)CCCCCCCCCCCCCC)COC(=O)CCCCCCCCCCCCC/C=C\CCCCCCCCCC. The van der Waals surface area contributed by atoms with Gasteiger partial charge >= 0.3 is 17.9 Å². The largest absolute Gasteiger partial charge is 0.462 e. The fourth-order valence-electron chi connectivity index (χ4n) is 9.26. The Hall–Kier alpha value is -2.11. The van der Waals surface area contributed by atoms with E-state index in [2.05, 4.69) is 45.1 Å². The molecule has 1 atom stereocenters. The van der Waals surface area contributed by atoms with Crippen molar-refractivity contribution >= 4 is 17.9 Å². The first-order chi connectivity index (χ1) is 34.0. The number of esters is 3. The van der Waals surface area contributed by atoms with E-state index in [0.717, 1.165) is 64.2 Å². The number of rotatable bonds is 57. The molecule has 0 saturated carbocycles. The maximum Gasteiger partial charge on any atom is 0.306 e. The third-order valence-electron chi connectivity index (χ3n) is 13.9. The fraction of sp³-hybridized carbons (Fsp3) is 0.889. The highest BCUT2D eigenvalue weighted by atomic mass is 16.6. The molecule has 6 nitrogen and oxygen atoms in total. The highest BCUT2D eigenvalue weighted by molar-refractivity contribution is 5.71. The van der Waals surface area contributed by atoms with Crippen LogP contribution in [0.2, 0.25) is 0 Å². The van der Waals surface area contributed by atoms with Gasteiger partial charge in [-0.05, 0) is 70.6 Å². The second-order valence-electron chi connectivity index (χ2n) is 21.0. The smallest absolute Gasteiger partial charge is 0.306 e. The van der Waals surface area contributed by atoms with Crippen molar-refractivity contribution in [3.05, 3.63) is 24.3 Å². The van der Waals surface area contributed by atoms with Gasteiger partial charge in [0.15, 0.2) is 6.10 Å². The lowest BCUT2D eigenvalue weighted by Gasteiger charge is -2.18. The van der Waals surface area contributed by atoms with Gasteiger partial charge in [-0.3, -0.25) is 14.4 Å². The Morgan fingerprint density at radius 3 is 0.725 bits per heavy atom. The van der Waals surface area contributed by atoms with Crippen LogP contribution in [0.5, 0.6) is 0 Å². The molecule has 0 amide bonds. The van der Waals surface area contributed by atoms with Gasteiger partial charge in [-0.15, -0.1) is 0 Å². The van der Waals surface area contributed by atoms with E-state index in [1.54, 1.807) is 0 Å². The number of unbranched alkanes of at least 4 members (excludes halogenated alkanes) is 42. The Morgan fingerprint density at radius 1 is 0.275 bits per heavy atom. The predicted molar refractivity (Wildman–Crippen MR) is 298 cm³/mol. The lowest BCUT2D eigenvalue weighted by Crippen LogP contribution is -2.30. The maximum absolute atomic E-state index is 12.9. The molecule has 0 aliphatic carbocycles. The van der Waals surface area contributed by atoms with Crippen molar-refractivity contribution in [3.63, 3.8) is 0 Å². The van der Waals surface area contributed by atoms with Crippen molar-refractivity contribution in [2.45, 2.75) is 348 Å². The summed E-state index contributed by atoms with van der Waals surface area (Å²) in [6, 6.07) is 0. The van der Waals surface area contributed by atoms with Crippen molar-refractivity contribution in [2.75, 3.05) is 13.2 Å². The third-order valence-corrected chi connectivity index (χ3v) is 13.9. The molecule has 0 rings (SSSR count). The van der Waals surface area contributed by atoms with Gasteiger partial charge in [0.05, 0.1) is 0 Å². The number of hydrogen-bond donors (Lipinski definition) is 0. The minimum atomic E-state index is -0.772. The van der Waals surface area contributed by atoms with Gasteiger partial charge in [-0.2, -0.15) is 0 Å². The van der Waals surface area contributed by atoms with Gasteiger partial charge in [0.2, 0.25) is 0 Å². The number of ether oxygens (including phenoxy) is 3. The van der Waals surface area contributed by atoms with Crippen molar-refractivity contribution in [3.8, 4) is 0 Å². The summed E-state index contributed by atoms with van der Waals surface area (Å²) >= 11 is 0. The molecule has 0 aromatic rings. The Kier molecular flexibility index (Phi) is 56.7. The maximum atomic E-state index is 12.9. The van der Waals surface area contributed by atoms with E-state index in [1.165, 1.54) is 238 Å². The highest BCUT2D eigenvalue weighted by Gasteiger charge is 2.19. The number of hydrogen-bond acceptors (Lipinski definition) is 6. The van der Waals surface area contributed by atoms with Crippen LogP contribution in [0.3, 0.4) is 0 Å². The minimum Gasteiger partial charge on any atom is -0.462 e. The monoisotopic (exact) mass is 971 g/mol. The molecule has 406 valence electrons. The van der Waals surface area contributed by atoms with Crippen molar-refractivity contribution in [1.29, 1.82) is 0 Å². The fourth-order valence-corrected chi connectivity index (χ4v) is 9.26. The third kappa shape index (κ3) is 56.7. The highest BCUT2D eigenvalue weighted by Crippen LogP contribution is 2.17. The van der Waals surface area contributed by atoms with Crippen LogP contribution < -0.4 is 0 Å². The topological polar surface area (TPSA) is 78.9 Å². The minimum absolute atomic E-state index is 0.0701. The molecular weight excluding hydrogens is 853 g/mol. The number of allylic oxidation sites excluding steroid dienone is 4. The normalized spacial score (nSPS) is 12.1. The zero-order valence-electron chi connectivity index (χ0n) is 46.6. The van der Waals surface area contributed by atoms with Gasteiger partial charge < -0.3 is 14.2 Å². The quantitative estimate of drug-likeness (QED) is 0.0261. The molecule has 0 N–H and O–H groups in total. The van der Waals surface area contributed by atoms with Gasteiger partial charge in [-0.1, -0.05) is 276 Å². The summed E-state index contributed by atoms with van der Waals surface area (Å²) in [5, 5.41) is 0. The Labute approximate surface area is 430 Å². The lowest BCUT2D eigenvalue weighted by atomic mass is 10.0. The average molecular weight is 972 g/mol. The van der Waals surface area contributed by atoms with Crippen LogP contribution in [-0.4, -0.2) is 37.2 Å². The van der Waals surface area contributed by atoms with E-state index in [1.807, 2.05) is 0 Å². The van der Waals surface area contributed by atoms with Crippen LogP contribution in [0.4, 0.5) is 0 Å². The molecule has 69 heavy (non-hydrogen) atoms. The molecular formula is C63H118O6. The first kappa shape index (κ1) is 66.9. The van der Waals surface area contributed by atoms with Crippen LogP contribution >= 0.6 is 0 Å². The summed E-state index contributed by atoms with van der Waals surface area (Å²) in [5.41, 5.74) is 0. The molecule has 0 radical (unpaired) electrons. The molecule has 0 bridgehead atoms. The van der Waals surface area contributed by atoms with E-state index in [0.29, 0.717) is 19.3 Å². The molecule has 0 heterocycles. The lowest BCUT2D eigenvalue weighted by molar-refractivity contribution is -0.167. The van der Waals surface area contributed by atoms with E-state index >= 15 is 0 Å². The number of carbonyl (C=O) groups excluding carboxylic acids is 3. The van der Waals surface area contributed by atoms with Crippen LogP contribution in [0.15, 0.2) is 24.3 Å². The standard InChI is InChI=1S/C63H118O6/c1-4-7-10-13-16-19-22-25-27-29-30-31-32-33-34-35-37-38-41-44-47-50-53-56-62(65)68-59-60(58-67-61(64)55-52-49-46-43-40-24-21-18-15-12-9-6-3)69-63(66)57-54-51-48-45-42-39-36-28-26-23-20-17-14-11-8-5-2/h28-30,36,60H,4-27,31-35,37-59H2,1-3H3/b30-29-,36-28-. The average Bonchev–Trinajstić information content (AvgIpc) is 3.35. The van der Waals surface area contributed by atoms with Crippen LogP contribution in [-0.2, 0) is 28.6 Å². The van der Waals surface area contributed by atoms with Crippen LogP contribution in [0.1, 0.15) is 342 Å². The zero-order valence-corrected chi connectivity index (χ0v) is 46.6. The Balaban J connectivity index is 4.25. The van der Waals surface area contributed by atoms with E-state index in [9.17, 15) is 14.4 Å². The van der Waals surface area contributed by atoms with E-state index < -0.39 is 6.10 Å². The molecule has 0 aromatic heterocycles. The summed E-state index contributed by atoms with van der Waals surface area (Å²) in [5.74, 6) is -0.858. The van der Waals surface area contributed by atoms with Crippen molar-refractivity contribution < 1.29 is 28.6 Å². The number of carbonyl (C=O) groups is 3. The molecule has 0 fully saturated rings. The predicted octanol–water partition coefficient (Wildman–Crippen LogP) is 20.7. The second-order valence-corrected chi connectivity index (χ2v) is 21.0.